The van der Waals surface area contributed by atoms with Crippen LogP contribution >= 0.6 is 24.0 Å². The van der Waals surface area contributed by atoms with Crippen molar-refractivity contribution >= 4 is 29.9 Å². The highest BCUT2D eigenvalue weighted by Crippen LogP contribution is 2.14. The van der Waals surface area contributed by atoms with Gasteiger partial charge in [0.15, 0.2) is 11.8 Å². The quantitative estimate of drug-likeness (QED) is 0.248. The van der Waals surface area contributed by atoms with E-state index in [2.05, 4.69) is 25.8 Å². The van der Waals surface area contributed by atoms with Crippen molar-refractivity contribution in [3.63, 3.8) is 0 Å². The molecule has 1 aliphatic heterocycles. The molecule has 0 aromatic carbocycles. The summed E-state index contributed by atoms with van der Waals surface area (Å²) in [4.78, 5) is 8.57. The average Bonchev–Trinajstić information content (AvgIpc) is 3.02. The molecule has 0 radical (unpaired) electrons. The smallest absolute Gasteiger partial charge is 0.248 e. The molecule has 1 saturated heterocycles. The number of guanidine groups is 1. The van der Waals surface area contributed by atoms with E-state index in [0.717, 1.165) is 64.7 Å². The third-order valence-corrected chi connectivity index (χ3v) is 3.74. The van der Waals surface area contributed by atoms with Crippen LogP contribution in [0.3, 0.4) is 0 Å². The summed E-state index contributed by atoms with van der Waals surface area (Å²) in [6.07, 6.45) is 3.17. The highest BCUT2D eigenvalue weighted by atomic mass is 127. The Kier molecular flexibility index (Phi) is 11.7. The van der Waals surface area contributed by atoms with Crippen LogP contribution in [-0.4, -0.2) is 55.6 Å². The van der Waals surface area contributed by atoms with Crippen LogP contribution in [0.25, 0.3) is 0 Å². The van der Waals surface area contributed by atoms with Crippen LogP contribution in [0.2, 0.25) is 0 Å². The van der Waals surface area contributed by atoms with Crippen molar-refractivity contribution in [2.75, 3.05) is 39.5 Å². The third-order valence-electron chi connectivity index (χ3n) is 3.74. The highest BCUT2D eigenvalue weighted by Gasteiger charge is 2.13. The molecule has 0 atom stereocenters. The van der Waals surface area contributed by atoms with Gasteiger partial charge in [0.1, 0.15) is 6.54 Å². The van der Waals surface area contributed by atoms with Crippen molar-refractivity contribution in [1.29, 1.82) is 0 Å². The fraction of sp³-hybridized carbons (Fsp3) is 0.812. The maximum Gasteiger partial charge on any atom is 0.248 e. The Morgan fingerprint density at radius 1 is 1.32 bits per heavy atom. The third kappa shape index (κ3) is 9.36. The van der Waals surface area contributed by atoms with Gasteiger partial charge in [-0.2, -0.15) is 4.98 Å². The molecule has 1 aliphatic rings. The predicted molar refractivity (Wildman–Crippen MR) is 106 cm³/mol. The van der Waals surface area contributed by atoms with E-state index in [0.29, 0.717) is 24.2 Å². The van der Waals surface area contributed by atoms with Gasteiger partial charge in [0.05, 0.1) is 0 Å². The molecule has 1 aromatic rings. The van der Waals surface area contributed by atoms with Gasteiger partial charge >= 0.3 is 0 Å². The van der Waals surface area contributed by atoms with Gasteiger partial charge in [0.2, 0.25) is 5.89 Å². The first-order valence-corrected chi connectivity index (χ1v) is 8.74. The van der Waals surface area contributed by atoms with E-state index in [1.54, 1.807) is 6.92 Å². The summed E-state index contributed by atoms with van der Waals surface area (Å²) in [5.74, 6) is 2.55. The summed E-state index contributed by atoms with van der Waals surface area (Å²) in [6.45, 7) is 9.15. The first kappa shape index (κ1) is 22.1. The first-order chi connectivity index (χ1) is 11.8. The van der Waals surface area contributed by atoms with Crippen LogP contribution in [-0.2, 0) is 16.0 Å². The number of rotatable bonds is 9. The van der Waals surface area contributed by atoms with E-state index in [-0.39, 0.29) is 24.0 Å². The number of aryl methyl sites for hydroxylation is 1. The number of ether oxygens (including phenoxy) is 2. The van der Waals surface area contributed by atoms with Gasteiger partial charge in [-0.05, 0) is 39.0 Å². The lowest BCUT2D eigenvalue weighted by Gasteiger charge is -2.21. The SMILES string of the molecule is CCNC(=NCc1nc(C)no1)NCCCOCC1CCOCC1.I. The Morgan fingerprint density at radius 3 is 2.80 bits per heavy atom. The van der Waals surface area contributed by atoms with Crippen LogP contribution in [0.15, 0.2) is 9.52 Å². The molecule has 1 fully saturated rings. The van der Waals surface area contributed by atoms with Crippen molar-refractivity contribution in [2.45, 2.75) is 39.7 Å². The van der Waals surface area contributed by atoms with Crippen molar-refractivity contribution in [3.05, 3.63) is 11.7 Å². The molecule has 0 spiro atoms. The maximum atomic E-state index is 5.76. The van der Waals surface area contributed by atoms with Crippen molar-refractivity contribution in [1.82, 2.24) is 20.8 Å². The second-order valence-electron chi connectivity index (χ2n) is 5.84. The van der Waals surface area contributed by atoms with E-state index >= 15 is 0 Å². The van der Waals surface area contributed by atoms with E-state index in [1.807, 2.05) is 6.92 Å². The highest BCUT2D eigenvalue weighted by molar-refractivity contribution is 14.0. The monoisotopic (exact) mass is 467 g/mol. The molecule has 2 heterocycles. The number of aliphatic imine (C=N–C) groups is 1. The largest absolute Gasteiger partial charge is 0.381 e. The minimum atomic E-state index is 0. The summed E-state index contributed by atoms with van der Waals surface area (Å²) in [7, 11) is 0. The van der Waals surface area contributed by atoms with Gasteiger partial charge < -0.3 is 24.6 Å². The molecular weight excluding hydrogens is 437 g/mol. The first-order valence-electron chi connectivity index (χ1n) is 8.74. The summed E-state index contributed by atoms with van der Waals surface area (Å²) in [5, 5.41) is 10.2. The van der Waals surface area contributed by atoms with Crippen LogP contribution in [0.5, 0.6) is 0 Å². The van der Waals surface area contributed by atoms with Crippen molar-refractivity contribution in [3.8, 4) is 0 Å². The number of nitrogens with one attached hydrogen (secondary N) is 2. The van der Waals surface area contributed by atoms with Gasteiger partial charge in [0, 0.05) is 39.5 Å². The molecule has 8 nitrogen and oxygen atoms in total. The van der Waals surface area contributed by atoms with E-state index in [9.17, 15) is 0 Å². The number of aromatic nitrogens is 2. The van der Waals surface area contributed by atoms with Crippen LogP contribution in [0, 0.1) is 12.8 Å². The Bertz CT molecular complexity index is 492. The van der Waals surface area contributed by atoms with Crippen LogP contribution in [0.4, 0.5) is 0 Å². The Morgan fingerprint density at radius 2 is 2.12 bits per heavy atom. The molecule has 25 heavy (non-hydrogen) atoms. The zero-order valence-corrected chi connectivity index (χ0v) is 17.5. The second kappa shape index (κ2) is 13.3. The van der Waals surface area contributed by atoms with Crippen molar-refractivity contribution < 1.29 is 14.0 Å². The van der Waals surface area contributed by atoms with Gasteiger partial charge in [-0.1, -0.05) is 5.16 Å². The average molecular weight is 467 g/mol. The molecule has 0 aliphatic carbocycles. The number of hydrogen-bond donors (Lipinski definition) is 2. The minimum Gasteiger partial charge on any atom is -0.381 e. The predicted octanol–water partition coefficient (Wildman–Crippen LogP) is 1.88. The van der Waals surface area contributed by atoms with Gasteiger partial charge in [-0.3, -0.25) is 0 Å². The summed E-state index contributed by atoms with van der Waals surface area (Å²) in [6, 6.07) is 0. The Hall–Kier alpha value is -0.940. The molecule has 1 aromatic heterocycles. The van der Waals surface area contributed by atoms with E-state index < -0.39 is 0 Å². The molecule has 144 valence electrons. The number of halogens is 1. The van der Waals surface area contributed by atoms with Gasteiger partial charge in [-0.25, -0.2) is 4.99 Å². The summed E-state index contributed by atoms with van der Waals surface area (Å²) in [5.41, 5.74) is 0. The minimum absolute atomic E-state index is 0. The van der Waals surface area contributed by atoms with Crippen LogP contribution < -0.4 is 10.6 Å². The molecule has 2 rings (SSSR count). The Labute approximate surface area is 166 Å². The standard InChI is InChI=1S/C16H29N5O3.HI/c1-3-17-16(19-11-15-20-13(2)21-24-15)18-7-4-8-23-12-14-5-9-22-10-6-14;/h14H,3-12H2,1-2H3,(H2,17,18,19);1H. The summed E-state index contributed by atoms with van der Waals surface area (Å²) < 4.78 is 16.2. The maximum absolute atomic E-state index is 5.76. The zero-order valence-electron chi connectivity index (χ0n) is 15.1. The topological polar surface area (TPSA) is 93.8 Å². The lowest BCUT2D eigenvalue weighted by atomic mass is 10.0. The molecule has 2 N–H and O–H groups in total. The van der Waals surface area contributed by atoms with Gasteiger partial charge in [0.25, 0.3) is 0 Å². The molecule has 0 saturated carbocycles. The van der Waals surface area contributed by atoms with Crippen LogP contribution in [0.1, 0.15) is 37.9 Å². The fourth-order valence-corrected chi connectivity index (χ4v) is 2.44. The Balaban J connectivity index is 0.00000312. The fourth-order valence-electron chi connectivity index (χ4n) is 2.44. The second-order valence-corrected chi connectivity index (χ2v) is 5.84. The van der Waals surface area contributed by atoms with E-state index in [4.69, 9.17) is 14.0 Å². The lowest BCUT2D eigenvalue weighted by Crippen LogP contribution is -2.38. The molecule has 9 heteroatoms. The van der Waals surface area contributed by atoms with E-state index in [1.165, 1.54) is 0 Å². The molecule has 0 amide bonds. The molecule has 0 unspecified atom stereocenters. The summed E-state index contributed by atoms with van der Waals surface area (Å²) >= 11 is 0. The number of nitrogens with zero attached hydrogens (tertiary/aromatic N) is 3. The molecule has 0 bridgehead atoms. The normalized spacial score (nSPS) is 15.7. The van der Waals surface area contributed by atoms with Gasteiger partial charge in [-0.15, -0.1) is 24.0 Å². The lowest BCUT2D eigenvalue weighted by molar-refractivity contribution is 0.0203. The van der Waals surface area contributed by atoms with Crippen molar-refractivity contribution in [2.24, 2.45) is 10.9 Å². The zero-order chi connectivity index (χ0) is 17.0. The molecular formula is C16H30IN5O3. The number of hydrogen-bond acceptors (Lipinski definition) is 6.